The van der Waals surface area contributed by atoms with Crippen LogP contribution in [0.3, 0.4) is 0 Å². The molecule has 0 bridgehead atoms. The van der Waals surface area contributed by atoms with Crippen LogP contribution in [0.4, 0.5) is 4.39 Å². The van der Waals surface area contributed by atoms with Crippen LogP contribution in [0.15, 0.2) is 48.5 Å². The average molecular weight is 263 g/mol. The maximum Gasteiger partial charge on any atom is 0.141 e. The van der Waals surface area contributed by atoms with Crippen LogP contribution in [-0.2, 0) is 17.6 Å². The Morgan fingerprint density at radius 3 is 2.44 bits per heavy atom. The van der Waals surface area contributed by atoms with E-state index in [1.165, 1.54) is 12.1 Å². The van der Waals surface area contributed by atoms with E-state index in [1.807, 2.05) is 30.3 Å². The van der Waals surface area contributed by atoms with Gasteiger partial charge in [-0.05, 0) is 23.3 Å². The molecule has 0 N–H and O–H groups in total. The predicted octanol–water partition coefficient (Wildman–Crippen LogP) is 3.83. The molecule has 0 aliphatic carbocycles. The zero-order chi connectivity index (χ0) is 13.0. The normalized spacial score (nSPS) is 10.3. The molecule has 2 aromatic rings. The molecule has 0 radical (unpaired) electrons. The Morgan fingerprint density at radius 1 is 1.06 bits per heavy atom. The van der Waals surface area contributed by atoms with Gasteiger partial charge in [0.25, 0.3) is 0 Å². The van der Waals surface area contributed by atoms with Gasteiger partial charge >= 0.3 is 0 Å². The third-order valence-corrected chi connectivity index (χ3v) is 3.00. The first-order valence-electron chi connectivity index (χ1n) is 5.65. The molecule has 0 spiro atoms. The summed E-state index contributed by atoms with van der Waals surface area (Å²) in [6.07, 6.45) is 0.600. The molecule has 2 aromatic carbocycles. The smallest absolute Gasteiger partial charge is 0.141 e. The van der Waals surface area contributed by atoms with Crippen LogP contribution in [0.25, 0.3) is 0 Å². The van der Waals surface area contributed by atoms with Crippen molar-refractivity contribution < 1.29 is 9.18 Å². The third kappa shape index (κ3) is 3.41. The first-order valence-corrected chi connectivity index (χ1v) is 6.02. The Balaban J connectivity index is 2.03. The van der Waals surface area contributed by atoms with E-state index < -0.39 is 0 Å². The Labute approximate surface area is 110 Å². The van der Waals surface area contributed by atoms with Gasteiger partial charge in [-0.25, -0.2) is 4.39 Å². The molecule has 1 nitrogen and oxygen atoms in total. The summed E-state index contributed by atoms with van der Waals surface area (Å²) >= 11 is 5.88. The van der Waals surface area contributed by atoms with Gasteiger partial charge in [0, 0.05) is 17.9 Å². The van der Waals surface area contributed by atoms with Crippen LogP contribution in [-0.4, -0.2) is 5.78 Å². The number of hydrogen-bond donors (Lipinski definition) is 0. The zero-order valence-electron chi connectivity index (χ0n) is 9.70. The maximum atomic E-state index is 12.9. The first kappa shape index (κ1) is 12.8. The van der Waals surface area contributed by atoms with Gasteiger partial charge in [0.1, 0.15) is 11.6 Å². The Kier molecular flexibility index (Phi) is 4.11. The van der Waals surface area contributed by atoms with Crippen molar-refractivity contribution in [3.05, 3.63) is 70.5 Å². The highest BCUT2D eigenvalue weighted by Gasteiger charge is 2.08. The zero-order valence-corrected chi connectivity index (χ0v) is 10.5. The molecular weight excluding hydrogens is 251 g/mol. The molecular formula is C15H12ClFO. The van der Waals surface area contributed by atoms with E-state index in [2.05, 4.69) is 0 Å². The lowest BCUT2D eigenvalue weighted by atomic mass is 10.0. The number of rotatable bonds is 4. The number of ketones is 1. The summed E-state index contributed by atoms with van der Waals surface area (Å²) in [6.45, 7) is 0. The fourth-order valence-electron chi connectivity index (χ4n) is 1.76. The lowest BCUT2D eigenvalue weighted by Gasteiger charge is -2.04. The minimum Gasteiger partial charge on any atom is -0.299 e. The van der Waals surface area contributed by atoms with Crippen LogP contribution >= 0.6 is 11.6 Å². The van der Waals surface area contributed by atoms with E-state index in [9.17, 15) is 9.18 Å². The van der Waals surface area contributed by atoms with Crippen molar-refractivity contribution in [1.29, 1.82) is 0 Å². The van der Waals surface area contributed by atoms with Crippen molar-refractivity contribution in [2.24, 2.45) is 0 Å². The highest BCUT2D eigenvalue weighted by Crippen LogP contribution is 2.18. The summed E-state index contributed by atoms with van der Waals surface area (Å²) < 4.78 is 12.9. The van der Waals surface area contributed by atoms with Crippen molar-refractivity contribution in [3.8, 4) is 0 Å². The van der Waals surface area contributed by atoms with Crippen molar-refractivity contribution in [2.45, 2.75) is 12.8 Å². The quantitative estimate of drug-likeness (QED) is 0.818. The van der Waals surface area contributed by atoms with Crippen LogP contribution in [0, 0.1) is 5.82 Å². The molecule has 0 heterocycles. The third-order valence-electron chi connectivity index (χ3n) is 2.65. The van der Waals surface area contributed by atoms with E-state index in [4.69, 9.17) is 11.6 Å². The standard InChI is InChI=1S/C15H12ClFO/c16-15-10-13(17)7-6-12(15)9-14(18)8-11-4-2-1-3-5-11/h1-7,10H,8-9H2. The lowest BCUT2D eigenvalue weighted by Crippen LogP contribution is -2.07. The monoisotopic (exact) mass is 262 g/mol. The number of halogens is 2. The van der Waals surface area contributed by atoms with Gasteiger partial charge in [-0.3, -0.25) is 4.79 Å². The van der Waals surface area contributed by atoms with Crippen LogP contribution in [0.5, 0.6) is 0 Å². The molecule has 0 fully saturated rings. The molecule has 0 atom stereocenters. The van der Waals surface area contributed by atoms with Gasteiger partial charge in [-0.1, -0.05) is 48.0 Å². The summed E-state index contributed by atoms with van der Waals surface area (Å²) in [7, 11) is 0. The first-order chi connectivity index (χ1) is 8.65. The molecule has 0 aliphatic rings. The average Bonchev–Trinajstić information content (AvgIpc) is 2.34. The minimum absolute atomic E-state index is 0.0645. The van der Waals surface area contributed by atoms with E-state index >= 15 is 0 Å². The number of benzene rings is 2. The number of Topliss-reactive ketones (excluding diaryl/α,β-unsaturated/α-hetero) is 1. The fraction of sp³-hybridized carbons (Fsp3) is 0.133. The predicted molar refractivity (Wildman–Crippen MR) is 70.3 cm³/mol. The topological polar surface area (TPSA) is 17.1 Å². The maximum absolute atomic E-state index is 12.9. The van der Waals surface area contributed by atoms with Gasteiger partial charge in [0.05, 0.1) is 0 Å². The Bertz CT molecular complexity index is 552. The van der Waals surface area contributed by atoms with Crippen molar-refractivity contribution in [1.82, 2.24) is 0 Å². The second kappa shape index (κ2) is 5.78. The number of carbonyl (C=O) groups excluding carboxylic acids is 1. The molecule has 0 saturated heterocycles. The Hall–Kier alpha value is -1.67. The van der Waals surface area contributed by atoms with Gasteiger partial charge in [0.15, 0.2) is 0 Å². The minimum atomic E-state index is -0.390. The summed E-state index contributed by atoms with van der Waals surface area (Å²) in [5.74, 6) is -0.325. The van der Waals surface area contributed by atoms with Crippen molar-refractivity contribution >= 4 is 17.4 Å². The van der Waals surface area contributed by atoms with Gasteiger partial charge < -0.3 is 0 Å². The molecule has 3 heteroatoms. The van der Waals surface area contributed by atoms with E-state index in [0.29, 0.717) is 17.0 Å². The molecule has 92 valence electrons. The fourth-order valence-corrected chi connectivity index (χ4v) is 2.00. The highest BCUT2D eigenvalue weighted by atomic mass is 35.5. The SMILES string of the molecule is O=C(Cc1ccccc1)Cc1ccc(F)cc1Cl. The molecule has 0 aliphatic heterocycles. The largest absolute Gasteiger partial charge is 0.299 e. The van der Waals surface area contributed by atoms with Crippen LogP contribution in [0.2, 0.25) is 5.02 Å². The molecule has 0 amide bonds. The Morgan fingerprint density at radius 2 is 1.78 bits per heavy atom. The summed E-state index contributed by atoms with van der Waals surface area (Å²) in [5, 5.41) is 0.302. The van der Waals surface area contributed by atoms with Crippen LogP contribution < -0.4 is 0 Å². The van der Waals surface area contributed by atoms with Gasteiger partial charge in [0.2, 0.25) is 0 Å². The van der Waals surface area contributed by atoms with Crippen molar-refractivity contribution in [2.75, 3.05) is 0 Å². The number of carbonyl (C=O) groups is 1. The second-order valence-corrected chi connectivity index (χ2v) is 4.52. The van der Waals surface area contributed by atoms with Gasteiger partial charge in [-0.15, -0.1) is 0 Å². The van der Waals surface area contributed by atoms with E-state index in [0.717, 1.165) is 5.56 Å². The van der Waals surface area contributed by atoms with E-state index in [1.54, 1.807) is 6.07 Å². The molecule has 18 heavy (non-hydrogen) atoms. The van der Waals surface area contributed by atoms with Crippen molar-refractivity contribution in [3.63, 3.8) is 0 Å². The number of hydrogen-bond acceptors (Lipinski definition) is 1. The molecule has 2 rings (SSSR count). The molecule has 0 aromatic heterocycles. The second-order valence-electron chi connectivity index (χ2n) is 4.11. The van der Waals surface area contributed by atoms with E-state index in [-0.39, 0.29) is 18.0 Å². The summed E-state index contributed by atoms with van der Waals surface area (Å²) in [5.41, 5.74) is 1.64. The van der Waals surface area contributed by atoms with Crippen LogP contribution in [0.1, 0.15) is 11.1 Å². The summed E-state index contributed by atoms with van der Waals surface area (Å²) in [4.78, 5) is 11.9. The van der Waals surface area contributed by atoms with Gasteiger partial charge in [-0.2, -0.15) is 0 Å². The molecule has 0 unspecified atom stereocenters. The molecule has 0 saturated carbocycles. The summed E-state index contributed by atoms with van der Waals surface area (Å²) in [6, 6.07) is 13.6. The highest BCUT2D eigenvalue weighted by molar-refractivity contribution is 6.31. The lowest BCUT2D eigenvalue weighted by molar-refractivity contribution is -0.117.